The lowest BCUT2D eigenvalue weighted by molar-refractivity contribution is 0.0697. The van der Waals surface area contributed by atoms with Crippen molar-refractivity contribution < 1.29 is 9.90 Å². The second-order valence-electron chi connectivity index (χ2n) is 4.12. The Morgan fingerprint density at radius 2 is 2.00 bits per heavy atom. The third kappa shape index (κ3) is 1.97. The van der Waals surface area contributed by atoms with E-state index in [1.165, 1.54) is 0 Å². The van der Waals surface area contributed by atoms with Crippen LogP contribution < -0.4 is 0 Å². The third-order valence-electron chi connectivity index (χ3n) is 3.01. The van der Waals surface area contributed by atoms with Gasteiger partial charge in [0.2, 0.25) is 0 Å². The highest BCUT2D eigenvalue weighted by molar-refractivity contribution is 9.10. The first-order valence-electron chi connectivity index (χ1n) is 5.47. The molecule has 0 aliphatic carbocycles. The number of halogens is 2. The van der Waals surface area contributed by atoms with E-state index in [2.05, 4.69) is 20.9 Å². The van der Waals surface area contributed by atoms with Crippen LogP contribution in [0.2, 0.25) is 5.15 Å². The van der Waals surface area contributed by atoms with Gasteiger partial charge in [-0.3, -0.25) is 0 Å². The number of hydrogen-bond donors (Lipinski definition) is 1. The third-order valence-corrected chi connectivity index (χ3v) is 3.95. The Hall–Kier alpha value is -1.65. The molecule has 1 heterocycles. The fraction of sp³-hybridized carbons (Fsp3) is 0. The summed E-state index contributed by atoms with van der Waals surface area (Å²) >= 11 is 9.64. The Morgan fingerprint density at radius 3 is 2.74 bits per heavy atom. The van der Waals surface area contributed by atoms with Gasteiger partial charge in [0.15, 0.2) is 0 Å². The molecule has 0 atom stereocenters. The number of hydrogen-bond acceptors (Lipinski definition) is 2. The quantitative estimate of drug-likeness (QED) is 0.526. The van der Waals surface area contributed by atoms with E-state index < -0.39 is 5.97 Å². The minimum absolute atomic E-state index is 0.249. The summed E-state index contributed by atoms with van der Waals surface area (Å²) in [5, 5.41) is 12.9. The van der Waals surface area contributed by atoms with Gasteiger partial charge in [-0.2, -0.15) is 0 Å². The minimum atomic E-state index is -0.949. The predicted molar refractivity (Wildman–Crippen MR) is 78.9 cm³/mol. The van der Waals surface area contributed by atoms with Crippen molar-refractivity contribution in [2.45, 2.75) is 0 Å². The molecule has 0 unspecified atom stereocenters. The summed E-state index contributed by atoms with van der Waals surface area (Å²) in [6, 6.07) is 8.73. The number of carboxylic acids is 1. The molecule has 94 valence electrons. The molecule has 0 saturated heterocycles. The number of aromatic nitrogens is 1. The van der Waals surface area contributed by atoms with Gasteiger partial charge in [0, 0.05) is 21.4 Å². The molecule has 1 N–H and O–H groups in total. The first kappa shape index (κ1) is 12.4. The van der Waals surface area contributed by atoms with Crippen molar-refractivity contribution in [3.05, 3.63) is 51.7 Å². The fourth-order valence-electron chi connectivity index (χ4n) is 2.15. The maximum Gasteiger partial charge on any atom is 0.335 e. The SMILES string of the molecule is O=C(O)c1ccc2c(c1)cc(Br)c1ccnc(Cl)c12. The van der Waals surface area contributed by atoms with Crippen LogP contribution in [0.15, 0.2) is 41.0 Å². The van der Waals surface area contributed by atoms with E-state index in [1.807, 2.05) is 12.1 Å². The number of fused-ring (bicyclic) bond motifs is 3. The number of pyridine rings is 1. The zero-order chi connectivity index (χ0) is 13.6. The van der Waals surface area contributed by atoms with Crippen LogP contribution in [-0.4, -0.2) is 16.1 Å². The molecule has 5 heteroatoms. The normalized spacial score (nSPS) is 11.1. The Labute approximate surface area is 122 Å². The predicted octanol–water partition coefficient (Wildman–Crippen LogP) is 4.50. The summed E-state index contributed by atoms with van der Waals surface area (Å²) in [7, 11) is 0. The minimum Gasteiger partial charge on any atom is -0.478 e. The summed E-state index contributed by atoms with van der Waals surface area (Å²) in [6.07, 6.45) is 1.65. The summed E-state index contributed by atoms with van der Waals surface area (Å²) < 4.78 is 0.863. The average molecular weight is 337 g/mol. The lowest BCUT2D eigenvalue weighted by atomic mass is 10.0. The molecule has 0 amide bonds. The Balaban J connectivity index is 2.51. The van der Waals surface area contributed by atoms with Crippen molar-refractivity contribution in [1.82, 2.24) is 4.98 Å². The lowest BCUT2D eigenvalue weighted by Gasteiger charge is -2.08. The van der Waals surface area contributed by atoms with E-state index in [4.69, 9.17) is 16.7 Å². The van der Waals surface area contributed by atoms with Crippen molar-refractivity contribution in [3.8, 4) is 0 Å². The number of carbonyl (C=O) groups is 1. The zero-order valence-electron chi connectivity index (χ0n) is 9.52. The van der Waals surface area contributed by atoms with Crippen molar-refractivity contribution >= 4 is 55.0 Å². The molecular weight excluding hydrogens is 330 g/mol. The second-order valence-corrected chi connectivity index (χ2v) is 5.34. The first-order chi connectivity index (χ1) is 9.08. The van der Waals surface area contributed by atoms with Crippen molar-refractivity contribution in [3.63, 3.8) is 0 Å². The molecule has 0 aliphatic rings. The van der Waals surface area contributed by atoms with Crippen LogP contribution in [0.3, 0.4) is 0 Å². The topological polar surface area (TPSA) is 50.2 Å². The van der Waals surface area contributed by atoms with Crippen LogP contribution in [0, 0.1) is 0 Å². The second kappa shape index (κ2) is 4.47. The number of benzene rings is 2. The standard InChI is InChI=1S/C14H7BrClNO2/c15-11-6-8-5-7(14(18)19)1-2-9(8)12-10(11)3-4-17-13(12)16/h1-6H,(H,18,19). The number of aromatic carboxylic acids is 1. The van der Waals surface area contributed by atoms with Gasteiger partial charge in [0.25, 0.3) is 0 Å². The van der Waals surface area contributed by atoms with Gasteiger partial charge in [-0.1, -0.05) is 33.6 Å². The van der Waals surface area contributed by atoms with Crippen LogP contribution in [0.25, 0.3) is 21.5 Å². The van der Waals surface area contributed by atoms with Crippen LogP contribution in [0.4, 0.5) is 0 Å². The maximum atomic E-state index is 11.0. The van der Waals surface area contributed by atoms with Gasteiger partial charge in [-0.15, -0.1) is 0 Å². The molecule has 0 fully saturated rings. The average Bonchev–Trinajstić information content (AvgIpc) is 2.38. The van der Waals surface area contributed by atoms with Crippen LogP contribution in [0.5, 0.6) is 0 Å². The van der Waals surface area contributed by atoms with Gasteiger partial charge in [-0.25, -0.2) is 9.78 Å². The highest BCUT2D eigenvalue weighted by atomic mass is 79.9. The molecule has 3 aromatic rings. The number of rotatable bonds is 1. The molecule has 2 aromatic carbocycles. The molecular formula is C14H7BrClNO2. The summed E-state index contributed by atoms with van der Waals surface area (Å²) in [5.41, 5.74) is 0.249. The molecule has 3 nitrogen and oxygen atoms in total. The van der Waals surface area contributed by atoms with E-state index in [-0.39, 0.29) is 5.56 Å². The molecule has 19 heavy (non-hydrogen) atoms. The largest absolute Gasteiger partial charge is 0.478 e. The molecule has 0 saturated carbocycles. The van der Waals surface area contributed by atoms with E-state index in [0.717, 1.165) is 26.0 Å². The monoisotopic (exact) mass is 335 g/mol. The number of carboxylic acid groups (broad SMARTS) is 1. The van der Waals surface area contributed by atoms with E-state index in [0.29, 0.717) is 5.15 Å². The van der Waals surface area contributed by atoms with Crippen LogP contribution in [-0.2, 0) is 0 Å². The number of nitrogens with zero attached hydrogens (tertiary/aromatic N) is 1. The first-order valence-corrected chi connectivity index (χ1v) is 6.65. The Morgan fingerprint density at radius 1 is 1.21 bits per heavy atom. The van der Waals surface area contributed by atoms with E-state index in [1.54, 1.807) is 24.4 Å². The summed E-state index contributed by atoms with van der Waals surface area (Å²) in [6.45, 7) is 0. The van der Waals surface area contributed by atoms with Gasteiger partial charge in [0.1, 0.15) is 5.15 Å². The molecule has 3 rings (SSSR count). The zero-order valence-corrected chi connectivity index (χ0v) is 11.9. The van der Waals surface area contributed by atoms with E-state index >= 15 is 0 Å². The van der Waals surface area contributed by atoms with Gasteiger partial charge in [-0.05, 0) is 35.0 Å². The van der Waals surface area contributed by atoms with Crippen LogP contribution >= 0.6 is 27.5 Å². The summed E-state index contributed by atoms with van der Waals surface area (Å²) in [4.78, 5) is 15.1. The highest BCUT2D eigenvalue weighted by Crippen LogP contribution is 2.35. The van der Waals surface area contributed by atoms with Gasteiger partial charge < -0.3 is 5.11 Å². The Bertz CT molecular complexity index is 832. The van der Waals surface area contributed by atoms with Crippen molar-refractivity contribution in [1.29, 1.82) is 0 Å². The smallest absolute Gasteiger partial charge is 0.335 e. The van der Waals surface area contributed by atoms with Crippen LogP contribution in [0.1, 0.15) is 10.4 Å². The van der Waals surface area contributed by atoms with Gasteiger partial charge in [0.05, 0.1) is 5.56 Å². The molecule has 0 radical (unpaired) electrons. The molecule has 1 aromatic heterocycles. The molecule has 0 bridgehead atoms. The lowest BCUT2D eigenvalue weighted by Crippen LogP contribution is -1.95. The molecule has 0 aliphatic heterocycles. The highest BCUT2D eigenvalue weighted by Gasteiger charge is 2.11. The molecule has 0 spiro atoms. The van der Waals surface area contributed by atoms with Crippen molar-refractivity contribution in [2.75, 3.05) is 0 Å². The van der Waals surface area contributed by atoms with E-state index in [9.17, 15) is 4.79 Å². The fourth-order valence-corrected chi connectivity index (χ4v) is 2.99. The maximum absolute atomic E-state index is 11.0. The summed E-state index contributed by atoms with van der Waals surface area (Å²) in [5.74, 6) is -0.949. The Kier molecular flexibility index (Phi) is 2.92. The van der Waals surface area contributed by atoms with Gasteiger partial charge >= 0.3 is 5.97 Å². The van der Waals surface area contributed by atoms with Crippen molar-refractivity contribution in [2.24, 2.45) is 0 Å².